The maximum absolute atomic E-state index is 12.5. The van der Waals surface area contributed by atoms with Crippen molar-refractivity contribution in [3.63, 3.8) is 0 Å². The number of nitrogens with one attached hydrogen (secondary N) is 1. The minimum atomic E-state index is -0.237. The number of fused-ring (bicyclic) bond motifs is 2. The highest BCUT2D eigenvalue weighted by Crippen LogP contribution is 2.36. The topological polar surface area (TPSA) is 52.9 Å². The molecular weight excluding hydrogens is 284 g/mol. The average molecular weight is 308 g/mol. The summed E-state index contributed by atoms with van der Waals surface area (Å²) < 4.78 is 0. The quantitative estimate of drug-likeness (QED) is 0.875. The molecule has 2 aliphatic rings. The number of nitriles is 1. The van der Waals surface area contributed by atoms with Gasteiger partial charge in [-0.2, -0.15) is 5.26 Å². The standard InChI is InChI=1S/C20H24N2O/c1-13(2)16-5-3-14(4-6-16)9-15(12-21)10-19(23)20-17-7-8-18(11-17)22-20/h3-6,15,17-18,20,22H,1,7-11H2,2H3/t15-,17+,18-,20+/m1/s1. The van der Waals surface area contributed by atoms with Gasteiger partial charge in [-0.15, -0.1) is 0 Å². The van der Waals surface area contributed by atoms with E-state index < -0.39 is 0 Å². The SMILES string of the molecule is C=C(C)c1ccc(C[C@@H](C#N)CC(=O)[C@H]2N[C@@H]3CC[C@H]2C3)cc1. The van der Waals surface area contributed by atoms with Gasteiger partial charge >= 0.3 is 0 Å². The summed E-state index contributed by atoms with van der Waals surface area (Å²) in [6.07, 6.45) is 4.49. The molecule has 2 bridgehead atoms. The van der Waals surface area contributed by atoms with Crippen LogP contribution in [0.2, 0.25) is 0 Å². The van der Waals surface area contributed by atoms with E-state index in [1.807, 2.05) is 31.2 Å². The maximum atomic E-state index is 12.5. The molecule has 0 unspecified atom stereocenters. The van der Waals surface area contributed by atoms with Crippen LogP contribution in [-0.4, -0.2) is 17.9 Å². The lowest BCUT2D eigenvalue weighted by Crippen LogP contribution is -2.42. The highest BCUT2D eigenvalue weighted by molar-refractivity contribution is 5.85. The third-order valence-electron chi connectivity index (χ3n) is 5.27. The third kappa shape index (κ3) is 3.54. The Morgan fingerprint density at radius 2 is 2.13 bits per heavy atom. The molecule has 1 aliphatic carbocycles. The normalized spacial score (nSPS) is 26.7. The second kappa shape index (κ2) is 6.68. The molecular formula is C20H24N2O. The average Bonchev–Trinajstić information content (AvgIpc) is 3.17. The van der Waals surface area contributed by atoms with E-state index in [4.69, 9.17) is 0 Å². The molecule has 3 heteroatoms. The van der Waals surface area contributed by atoms with Crippen molar-refractivity contribution < 1.29 is 4.79 Å². The second-order valence-corrected chi connectivity index (χ2v) is 7.09. The molecule has 0 spiro atoms. The molecule has 1 heterocycles. The number of allylic oxidation sites excluding steroid dienone is 1. The second-order valence-electron chi connectivity index (χ2n) is 7.09. The van der Waals surface area contributed by atoms with Crippen LogP contribution in [0.4, 0.5) is 0 Å². The molecule has 0 aromatic heterocycles. The van der Waals surface area contributed by atoms with E-state index in [9.17, 15) is 10.1 Å². The van der Waals surface area contributed by atoms with Crippen molar-refractivity contribution in [2.75, 3.05) is 0 Å². The Kier molecular flexibility index (Phi) is 4.63. The van der Waals surface area contributed by atoms with Gasteiger partial charge in [-0.3, -0.25) is 4.79 Å². The zero-order chi connectivity index (χ0) is 16.4. The maximum Gasteiger partial charge on any atom is 0.151 e. The van der Waals surface area contributed by atoms with Crippen molar-refractivity contribution in [3.8, 4) is 6.07 Å². The first-order chi connectivity index (χ1) is 11.1. The Balaban J connectivity index is 1.58. The summed E-state index contributed by atoms with van der Waals surface area (Å²) in [6.45, 7) is 5.91. The van der Waals surface area contributed by atoms with Crippen molar-refractivity contribution in [1.29, 1.82) is 5.26 Å². The predicted molar refractivity (Wildman–Crippen MR) is 91.6 cm³/mol. The summed E-state index contributed by atoms with van der Waals surface area (Å²) in [7, 11) is 0. The van der Waals surface area contributed by atoms with Gasteiger partial charge in [-0.05, 0) is 49.7 Å². The van der Waals surface area contributed by atoms with Gasteiger partial charge < -0.3 is 5.32 Å². The van der Waals surface area contributed by atoms with Crippen molar-refractivity contribution in [3.05, 3.63) is 42.0 Å². The summed E-state index contributed by atoms with van der Waals surface area (Å²) in [5.41, 5.74) is 3.26. The number of Topliss-reactive ketones (excluding diaryl/α,β-unsaturated/α-hetero) is 1. The Morgan fingerprint density at radius 3 is 2.65 bits per heavy atom. The van der Waals surface area contributed by atoms with Gasteiger partial charge in [0.05, 0.1) is 18.0 Å². The van der Waals surface area contributed by atoms with Crippen LogP contribution in [0.5, 0.6) is 0 Å². The predicted octanol–water partition coefficient (Wildman–Crippen LogP) is 3.50. The molecule has 2 fully saturated rings. The first-order valence-electron chi connectivity index (χ1n) is 8.50. The van der Waals surface area contributed by atoms with Crippen LogP contribution in [0, 0.1) is 23.2 Å². The van der Waals surface area contributed by atoms with Crippen molar-refractivity contribution >= 4 is 11.4 Å². The lowest BCUT2D eigenvalue weighted by molar-refractivity contribution is -0.122. The van der Waals surface area contributed by atoms with Gasteiger partial charge in [0.2, 0.25) is 0 Å². The molecule has 1 N–H and O–H groups in total. The van der Waals surface area contributed by atoms with Crippen molar-refractivity contribution in [2.24, 2.45) is 11.8 Å². The van der Waals surface area contributed by atoms with E-state index in [2.05, 4.69) is 18.0 Å². The molecule has 3 rings (SSSR count). The van der Waals surface area contributed by atoms with Crippen LogP contribution >= 0.6 is 0 Å². The molecule has 120 valence electrons. The van der Waals surface area contributed by atoms with Crippen LogP contribution in [-0.2, 0) is 11.2 Å². The van der Waals surface area contributed by atoms with Gasteiger partial charge in [-0.25, -0.2) is 0 Å². The van der Waals surface area contributed by atoms with Crippen LogP contribution in [0.25, 0.3) is 5.57 Å². The molecule has 23 heavy (non-hydrogen) atoms. The summed E-state index contributed by atoms with van der Waals surface area (Å²) >= 11 is 0. The molecule has 1 saturated carbocycles. The Morgan fingerprint density at radius 1 is 1.39 bits per heavy atom. The van der Waals surface area contributed by atoms with Crippen molar-refractivity contribution in [1.82, 2.24) is 5.32 Å². The number of benzene rings is 1. The first kappa shape index (κ1) is 16.0. The number of ketones is 1. The van der Waals surface area contributed by atoms with Gasteiger partial charge in [0.1, 0.15) is 0 Å². The summed E-state index contributed by atoms with van der Waals surface area (Å²) in [6, 6.07) is 11.0. The van der Waals surface area contributed by atoms with Gasteiger partial charge in [0, 0.05) is 12.5 Å². The molecule has 1 aromatic rings. The van der Waals surface area contributed by atoms with Gasteiger partial charge in [0.15, 0.2) is 5.78 Å². The minimum Gasteiger partial charge on any atom is -0.304 e. The number of nitrogens with zero attached hydrogens (tertiary/aromatic N) is 1. The number of carbonyl (C=O) groups is 1. The largest absolute Gasteiger partial charge is 0.304 e. The number of hydrogen-bond donors (Lipinski definition) is 1. The number of rotatable bonds is 6. The highest BCUT2D eigenvalue weighted by atomic mass is 16.1. The van der Waals surface area contributed by atoms with E-state index in [0.717, 1.165) is 29.5 Å². The lowest BCUT2D eigenvalue weighted by atomic mass is 9.88. The number of carbonyl (C=O) groups excluding carboxylic acids is 1. The smallest absolute Gasteiger partial charge is 0.151 e. The molecule has 3 nitrogen and oxygen atoms in total. The van der Waals surface area contributed by atoms with E-state index in [1.54, 1.807) is 0 Å². The summed E-state index contributed by atoms with van der Waals surface area (Å²) in [5.74, 6) is 0.489. The number of piperidine rings is 1. The Hall–Kier alpha value is -1.92. The third-order valence-corrected chi connectivity index (χ3v) is 5.27. The van der Waals surface area contributed by atoms with Gasteiger partial charge in [0.25, 0.3) is 0 Å². The Labute approximate surface area is 138 Å². The van der Waals surface area contributed by atoms with E-state index in [0.29, 0.717) is 24.8 Å². The molecule has 0 radical (unpaired) electrons. The fourth-order valence-electron chi connectivity index (χ4n) is 3.96. The monoisotopic (exact) mass is 308 g/mol. The fourth-order valence-corrected chi connectivity index (χ4v) is 3.96. The molecule has 1 aliphatic heterocycles. The molecule has 1 aromatic carbocycles. The lowest BCUT2D eigenvalue weighted by Gasteiger charge is -2.22. The van der Waals surface area contributed by atoms with Gasteiger partial charge in [-0.1, -0.05) is 36.4 Å². The molecule has 0 amide bonds. The van der Waals surface area contributed by atoms with E-state index in [-0.39, 0.29) is 17.7 Å². The van der Waals surface area contributed by atoms with Crippen LogP contribution < -0.4 is 5.32 Å². The van der Waals surface area contributed by atoms with Crippen LogP contribution in [0.15, 0.2) is 30.8 Å². The van der Waals surface area contributed by atoms with Crippen molar-refractivity contribution in [2.45, 2.75) is 51.1 Å². The summed E-state index contributed by atoms with van der Waals surface area (Å²) in [5, 5.41) is 12.9. The first-order valence-corrected chi connectivity index (χ1v) is 8.50. The summed E-state index contributed by atoms with van der Waals surface area (Å²) in [4.78, 5) is 12.5. The molecule has 1 saturated heterocycles. The molecule has 4 atom stereocenters. The van der Waals surface area contributed by atoms with Crippen LogP contribution in [0.3, 0.4) is 0 Å². The fraction of sp³-hybridized carbons (Fsp3) is 0.500. The highest BCUT2D eigenvalue weighted by Gasteiger charge is 2.42. The minimum absolute atomic E-state index is 0.00427. The van der Waals surface area contributed by atoms with E-state index in [1.165, 1.54) is 6.42 Å². The zero-order valence-electron chi connectivity index (χ0n) is 13.7. The number of hydrogen-bond acceptors (Lipinski definition) is 3. The van der Waals surface area contributed by atoms with E-state index >= 15 is 0 Å². The zero-order valence-corrected chi connectivity index (χ0v) is 13.7. The Bertz CT molecular complexity index is 641. The van der Waals surface area contributed by atoms with Crippen LogP contribution in [0.1, 0.15) is 43.7 Å².